The van der Waals surface area contributed by atoms with Crippen LogP contribution in [0.4, 0.5) is 0 Å². The van der Waals surface area contributed by atoms with Crippen molar-refractivity contribution < 1.29 is 9.59 Å². The molecule has 5 nitrogen and oxygen atoms in total. The molecular weight excluding hydrogens is 286 g/mol. The van der Waals surface area contributed by atoms with Crippen molar-refractivity contribution in [1.82, 2.24) is 15.1 Å². The molecule has 1 saturated heterocycles. The van der Waals surface area contributed by atoms with Gasteiger partial charge in [-0.25, -0.2) is 0 Å². The maximum Gasteiger partial charge on any atom is 0.254 e. The lowest BCUT2D eigenvalue weighted by molar-refractivity contribution is -0.132. The van der Waals surface area contributed by atoms with E-state index in [-0.39, 0.29) is 17.4 Å². The lowest BCUT2D eigenvalue weighted by Crippen LogP contribution is -2.53. The zero-order chi connectivity index (χ0) is 15.5. The summed E-state index contributed by atoms with van der Waals surface area (Å²) in [5.74, 6) is 0.170. The number of nitrogens with one attached hydrogen (secondary N) is 1. The van der Waals surface area contributed by atoms with E-state index >= 15 is 0 Å². The number of rotatable bonds is 3. The molecule has 0 aliphatic carbocycles. The van der Waals surface area contributed by atoms with Crippen LogP contribution in [0.5, 0.6) is 0 Å². The normalized spacial score (nSPS) is 16.1. The minimum atomic E-state index is -0.0631. The van der Waals surface area contributed by atoms with Crippen molar-refractivity contribution in [3.05, 3.63) is 22.4 Å². The highest BCUT2D eigenvalue weighted by molar-refractivity contribution is 7.08. The van der Waals surface area contributed by atoms with Crippen molar-refractivity contribution in [2.75, 3.05) is 32.7 Å². The van der Waals surface area contributed by atoms with Crippen molar-refractivity contribution >= 4 is 23.2 Å². The first kappa shape index (κ1) is 16.0. The van der Waals surface area contributed by atoms with Crippen molar-refractivity contribution in [2.24, 2.45) is 0 Å². The largest absolute Gasteiger partial charge is 0.338 e. The second-order valence-electron chi connectivity index (χ2n) is 6.29. The van der Waals surface area contributed by atoms with Crippen LogP contribution in [0, 0.1) is 0 Å². The number of carbonyl (C=O) groups is 2. The molecule has 0 unspecified atom stereocenters. The Labute approximate surface area is 129 Å². The quantitative estimate of drug-likeness (QED) is 0.919. The molecule has 0 spiro atoms. The van der Waals surface area contributed by atoms with Crippen LogP contribution in [0.3, 0.4) is 0 Å². The number of piperazine rings is 1. The van der Waals surface area contributed by atoms with Crippen LogP contribution in [0.2, 0.25) is 0 Å². The number of thiophene rings is 1. The molecule has 0 aromatic carbocycles. The van der Waals surface area contributed by atoms with Gasteiger partial charge in [0.05, 0.1) is 12.1 Å². The molecule has 2 heterocycles. The van der Waals surface area contributed by atoms with Crippen molar-refractivity contribution in [3.8, 4) is 0 Å². The molecule has 21 heavy (non-hydrogen) atoms. The Morgan fingerprint density at radius 1 is 1.19 bits per heavy atom. The molecule has 6 heteroatoms. The van der Waals surface area contributed by atoms with Crippen LogP contribution in [0.1, 0.15) is 31.1 Å². The Morgan fingerprint density at radius 3 is 2.33 bits per heavy atom. The highest BCUT2D eigenvalue weighted by Gasteiger charge is 2.25. The molecule has 1 aromatic rings. The highest BCUT2D eigenvalue weighted by atomic mass is 32.1. The fraction of sp³-hybridized carbons (Fsp3) is 0.600. The van der Waals surface area contributed by atoms with Gasteiger partial charge in [-0.3, -0.25) is 9.59 Å². The van der Waals surface area contributed by atoms with Gasteiger partial charge in [-0.15, -0.1) is 0 Å². The van der Waals surface area contributed by atoms with Gasteiger partial charge in [0.25, 0.3) is 5.91 Å². The van der Waals surface area contributed by atoms with E-state index in [1.807, 2.05) is 47.4 Å². The Kier molecular flexibility index (Phi) is 5.00. The van der Waals surface area contributed by atoms with Gasteiger partial charge in [0.2, 0.25) is 5.91 Å². The SMILES string of the molecule is CC(C)(C)NCC(=O)N1CCN(C(=O)c2ccsc2)CC1. The van der Waals surface area contributed by atoms with E-state index in [1.54, 1.807) is 0 Å². The molecule has 1 aliphatic heterocycles. The highest BCUT2D eigenvalue weighted by Crippen LogP contribution is 2.12. The number of hydrogen-bond acceptors (Lipinski definition) is 4. The van der Waals surface area contributed by atoms with Crippen molar-refractivity contribution in [2.45, 2.75) is 26.3 Å². The van der Waals surface area contributed by atoms with Gasteiger partial charge in [0.15, 0.2) is 0 Å². The predicted octanol–water partition coefficient (Wildman–Crippen LogP) is 1.42. The molecule has 116 valence electrons. The van der Waals surface area contributed by atoms with E-state index in [0.717, 1.165) is 5.56 Å². The summed E-state index contributed by atoms with van der Waals surface area (Å²) in [6.45, 7) is 8.90. The third-order valence-electron chi connectivity index (χ3n) is 3.46. The van der Waals surface area contributed by atoms with E-state index in [1.165, 1.54) is 11.3 Å². The lowest BCUT2D eigenvalue weighted by atomic mass is 10.1. The third-order valence-corrected chi connectivity index (χ3v) is 4.14. The number of carbonyl (C=O) groups excluding carboxylic acids is 2. The number of amides is 2. The van der Waals surface area contributed by atoms with Crippen LogP contribution < -0.4 is 5.32 Å². The van der Waals surface area contributed by atoms with E-state index in [2.05, 4.69) is 5.32 Å². The van der Waals surface area contributed by atoms with Crippen LogP contribution in [-0.4, -0.2) is 59.9 Å². The standard InChI is InChI=1S/C15H23N3O2S/c1-15(2,3)16-10-13(19)17-5-7-18(8-6-17)14(20)12-4-9-21-11-12/h4,9,11,16H,5-8,10H2,1-3H3. The average Bonchev–Trinajstić information content (AvgIpc) is 2.97. The minimum Gasteiger partial charge on any atom is -0.338 e. The van der Waals surface area contributed by atoms with E-state index in [0.29, 0.717) is 32.7 Å². The summed E-state index contributed by atoms with van der Waals surface area (Å²) in [4.78, 5) is 28.0. The fourth-order valence-corrected chi connectivity index (χ4v) is 2.81. The maximum atomic E-state index is 12.2. The first-order chi connectivity index (χ1) is 9.87. The first-order valence-electron chi connectivity index (χ1n) is 7.21. The van der Waals surface area contributed by atoms with Crippen LogP contribution >= 0.6 is 11.3 Å². The van der Waals surface area contributed by atoms with Gasteiger partial charge in [-0.1, -0.05) is 0 Å². The second kappa shape index (κ2) is 6.58. The smallest absolute Gasteiger partial charge is 0.254 e. The molecule has 2 rings (SSSR count). The molecular formula is C15H23N3O2S. The Morgan fingerprint density at radius 2 is 1.81 bits per heavy atom. The summed E-state index contributed by atoms with van der Waals surface area (Å²) >= 11 is 1.53. The van der Waals surface area contributed by atoms with Crippen LogP contribution in [0.15, 0.2) is 16.8 Å². The molecule has 1 fully saturated rings. The Balaban J connectivity index is 1.80. The molecule has 0 atom stereocenters. The molecule has 1 N–H and O–H groups in total. The summed E-state index contributed by atoms with van der Waals surface area (Å²) in [5, 5.41) is 6.98. The van der Waals surface area contributed by atoms with Crippen LogP contribution in [0.25, 0.3) is 0 Å². The Hall–Kier alpha value is -1.40. The molecule has 1 aliphatic rings. The van der Waals surface area contributed by atoms with Gasteiger partial charge in [-0.2, -0.15) is 11.3 Å². The van der Waals surface area contributed by atoms with Gasteiger partial charge >= 0.3 is 0 Å². The van der Waals surface area contributed by atoms with E-state index < -0.39 is 0 Å². The zero-order valence-electron chi connectivity index (χ0n) is 12.9. The second-order valence-corrected chi connectivity index (χ2v) is 7.07. The molecule has 2 amide bonds. The van der Waals surface area contributed by atoms with Crippen molar-refractivity contribution in [3.63, 3.8) is 0 Å². The van der Waals surface area contributed by atoms with E-state index in [4.69, 9.17) is 0 Å². The monoisotopic (exact) mass is 309 g/mol. The number of nitrogens with zero attached hydrogens (tertiary/aromatic N) is 2. The summed E-state index contributed by atoms with van der Waals surface area (Å²) in [5.41, 5.74) is 0.682. The Bertz CT molecular complexity index is 486. The summed E-state index contributed by atoms with van der Waals surface area (Å²) < 4.78 is 0. The molecule has 1 aromatic heterocycles. The predicted molar refractivity (Wildman–Crippen MR) is 84.6 cm³/mol. The molecule has 0 radical (unpaired) electrons. The summed E-state index contributed by atoms with van der Waals surface area (Å²) in [7, 11) is 0. The lowest BCUT2D eigenvalue weighted by Gasteiger charge is -2.35. The van der Waals surface area contributed by atoms with Gasteiger partial charge in [-0.05, 0) is 32.2 Å². The van der Waals surface area contributed by atoms with Gasteiger partial charge < -0.3 is 15.1 Å². The molecule has 0 saturated carbocycles. The number of hydrogen-bond donors (Lipinski definition) is 1. The summed E-state index contributed by atoms with van der Waals surface area (Å²) in [6.07, 6.45) is 0. The van der Waals surface area contributed by atoms with Crippen LogP contribution in [-0.2, 0) is 4.79 Å². The molecule has 0 bridgehead atoms. The zero-order valence-corrected chi connectivity index (χ0v) is 13.7. The topological polar surface area (TPSA) is 52.7 Å². The first-order valence-corrected chi connectivity index (χ1v) is 8.15. The fourth-order valence-electron chi connectivity index (χ4n) is 2.18. The average molecular weight is 309 g/mol. The maximum absolute atomic E-state index is 12.2. The third kappa shape index (κ3) is 4.54. The van der Waals surface area contributed by atoms with Gasteiger partial charge in [0.1, 0.15) is 0 Å². The van der Waals surface area contributed by atoms with E-state index in [9.17, 15) is 9.59 Å². The van der Waals surface area contributed by atoms with Crippen molar-refractivity contribution in [1.29, 1.82) is 0 Å². The minimum absolute atomic E-state index is 0.0631. The summed E-state index contributed by atoms with van der Waals surface area (Å²) in [6, 6.07) is 1.85. The van der Waals surface area contributed by atoms with Gasteiger partial charge in [0, 0.05) is 37.1 Å².